The van der Waals surface area contributed by atoms with Gasteiger partial charge in [0.15, 0.2) is 17.2 Å². The average Bonchev–Trinajstić information content (AvgIpc) is 3.26. The van der Waals surface area contributed by atoms with Crippen LogP contribution in [-0.2, 0) is 33.9 Å². The zero-order valence-corrected chi connectivity index (χ0v) is 22.3. The van der Waals surface area contributed by atoms with Gasteiger partial charge in [-0.05, 0) is 60.5 Å². The molecule has 38 heavy (non-hydrogen) atoms. The summed E-state index contributed by atoms with van der Waals surface area (Å²) in [6.07, 6.45) is -0.0933. The van der Waals surface area contributed by atoms with Crippen molar-refractivity contribution >= 4 is 23.1 Å². The van der Waals surface area contributed by atoms with Crippen LogP contribution in [0.3, 0.4) is 0 Å². The zero-order chi connectivity index (χ0) is 28.2. The molecule has 1 saturated carbocycles. The van der Waals surface area contributed by atoms with Crippen LogP contribution in [0.2, 0.25) is 0 Å². The van der Waals surface area contributed by atoms with Crippen LogP contribution in [0.15, 0.2) is 16.9 Å². The molecule has 5 rings (SSSR count). The molecule has 4 aliphatic rings. The van der Waals surface area contributed by atoms with Gasteiger partial charge in [0.25, 0.3) is 0 Å². The summed E-state index contributed by atoms with van der Waals surface area (Å²) in [6, 6.07) is -1.11. The minimum absolute atomic E-state index is 0.0453. The highest BCUT2D eigenvalue weighted by Crippen LogP contribution is 2.54. The molecule has 3 aliphatic carbocycles. The van der Waals surface area contributed by atoms with Gasteiger partial charge in [-0.2, -0.15) is 0 Å². The van der Waals surface area contributed by atoms with Crippen molar-refractivity contribution in [3.8, 4) is 5.75 Å². The number of phenols is 1. The SMILES string of the molecule is CC(=O)C1=C(O)[C@@]2(O)C(=O)C3=C(O)c4c(O)c5c(c(F)c4C[C@H]3C[C@H]2[C@H](N(C)C)C1=O)CN(C(C)(C)C)C5. The molecule has 4 atom stereocenters. The Kier molecular flexibility index (Phi) is 5.73. The summed E-state index contributed by atoms with van der Waals surface area (Å²) in [7, 11) is 3.13. The molecular weight excluding hydrogens is 495 g/mol. The number of benzene rings is 1. The molecule has 0 aromatic heterocycles. The van der Waals surface area contributed by atoms with E-state index in [2.05, 4.69) is 0 Å². The monoisotopic (exact) mass is 528 g/mol. The number of rotatable bonds is 2. The average molecular weight is 529 g/mol. The van der Waals surface area contributed by atoms with Crippen LogP contribution in [0, 0.1) is 17.7 Å². The molecule has 0 spiro atoms. The third-order valence-corrected chi connectivity index (χ3v) is 8.78. The fourth-order valence-corrected chi connectivity index (χ4v) is 6.79. The van der Waals surface area contributed by atoms with Crippen molar-refractivity contribution in [2.45, 2.75) is 70.8 Å². The summed E-state index contributed by atoms with van der Waals surface area (Å²) in [6.45, 7) is 7.51. The fraction of sp³-hybridized carbons (Fsp3) is 0.536. The number of hydrogen-bond acceptors (Lipinski definition) is 9. The van der Waals surface area contributed by atoms with Crippen molar-refractivity contribution in [1.82, 2.24) is 9.80 Å². The van der Waals surface area contributed by atoms with E-state index in [0.717, 1.165) is 6.92 Å². The molecule has 0 unspecified atom stereocenters. The van der Waals surface area contributed by atoms with Crippen LogP contribution >= 0.6 is 0 Å². The van der Waals surface area contributed by atoms with Crippen LogP contribution in [0.5, 0.6) is 5.75 Å². The number of carbonyl (C=O) groups excluding carboxylic acids is 3. The van der Waals surface area contributed by atoms with Gasteiger partial charge in [-0.25, -0.2) is 4.39 Å². The third kappa shape index (κ3) is 3.29. The molecule has 0 amide bonds. The maximum atomic E-state index is 16.0. The second-order valence-corrected chi connectivity index (χ2v) is 12.2. The molecule has 0 saturated heterocycles. The number of aromatic hydroxyl groups is 1. The third-order valence-electron chi connectivity index (χ3n) is 8.78. The van der Waals surface area contributed by atoms with E-state index in [4.69, 9.17) is 0 Å². The lowest BCUT2D eigenvalue weighted by molar-refractivity contribution is -0.153. The van der Waals surface area contributed by atoms with E-state index >= 15 is 4.39 Å². The van der Waals surface area contributed by atoms with Crippen molar-refractivity contribution in [3.63, 3.8) is 0 Å². The summed E-state index contributed by atoms with van der Waals surface area (Å²) < 4.78 is 16.0. The molecule has 1 aromatic rings. The van der Waals surface area contributed by atoms with Gasteiger partial charge in [0, 0.05) is 46.8 Å². The fourth-order valence-electron chi connectivity index (χ4n) is 6.79. The van der Waals surface area contributed by atoms with E-state index in [0.29, 0.717) is 11.1 Å². The molecule has 1 aromatic carbocycles. The Bertz CT molecular complexity index is 1390. The Labute approximate surface area is 219 Å². The number of fused-ring (bicyclic) bond motifs is 4. The molecule has 1 aliphatic heterocycles. The Balaban J connectivity index is 1.71. The quantitative estimate of drug-likeness (QED) is 0.426. The Morgan fingerprint density at radius 2 is 1.68 bits per heavy atom. The number of ketones is 3. The summed E-state index contributed by atoms with van der Waals surface area (Å²) >= 11 is 0. The molecule has 0 bridgehead atoms. The van der Waals surface area contributed by atoms with Crippen LogP contribution < -0.4 is 0 Å². The van der Waals surface area contributed by atoms with Crippen molar-refractivity contribution in [3.05, 3.63) is 45.0 Å². The molecule has 0 radical (unpaired) electrons. The zero-order valence-electron chi connectivity index (χ0n) is 22.3. The minimum Gasteiger partial charge on any atom is -0.508 e. The van der Waals surface area contributed by atoms with Crippen LogP contribution in [0.4, 0.5) is 4.39 Å². The van der Waals surface area contributed by atoms with E-state index in [1.54, 1.807) is 14.1 Å². The summed E-state index contributed by atoms with van der Waals surface area (Å²) in [5.74, 6) is -7.05. The molecule has 1 fully saturated rings. The maximum absolute atomic E-state index is 16.0. The van der Waals surface area contributed by atoms with Gasteiger partial charge in [0.05, 0.1) is 11.6 Å². The highest BCUT2D eigenvalue weighted by atomic mass is 19.1. The molecule has 4 N–H and O–H groups in total. The van der Waals surface area contributed by atoms with Crippen LogP contribution in [-0.4, -0.2) is 78.9 Å². The lowest BCUT2D eigenvalue weighted by atomic mass is 9.57. The normalized spacial score (nSPS) is 29.4. The lowest BCUT2D eigenvalue weighted by Crippen LogP contribution is -2.65. The number of nitrogens with zero attached hydrogens (tertiary/aromatic N) is 2. The standard InChI is InChI=1S/C28H33FN2O7/c1-11(32)17-24(35)21(30(5)6)16-8-12-7-13-19(23(34)18(12)26(37)28(16,38)25(17)36)22(33)15-10-31(27(2,3)4)9-14(15)20(13)29/h12,16,21,33-34,36,38H,7-10H2,1-6H3/t12-,16-,21-,28+/m0/s1. The molecule has 204 valence electrons. The van der Waals surface area contributed by atoms with Crippen molar-refractivity contribution in [2.75, 3.05) is 14.1 Å². The molecule has 1 heterocycles. The van der Waals surface area contributed by atoms with Gasteiger partial charge in [0.1, 0.15) is 28.7 Å². The smallest absolute Gasteiger partial charge is 0.202 e. The van der Waals surface area contributed by atoms with E-state index in [9.17, 15) is 34.8 Å². The lowest BCUT2D eigenvalue weighted by Gasteiger charge is -2.50. The first-order valence-electron chi connectivity index (χ1n) is 12.7. The van der Waals surface area contributed by atoms with E-state index < -0.39 is 63.7 Å². The van der Waals surface area contributed by atoms with Crippen molar-refractivity contribution in [1.29, 1.82) is 0 Å². The topological polar surface area (TPSA) is 139 Å². The van der Waals surface area contributed by atoms with Gasteiger partial charge < -0.3 is 20.4 Å². The van der Waals surface area contributed by atoms with Gasteiger partial charge in [-0.15, -0.1) is 0 Å². The first kappa shape index (κ1) is 26.5. The number of aliphatic hydroxyl groups excluding tert-OH is 2. The van der Waals surface area contributed by atoms with Gasteiger partial charge in [-0.1, -0.05) is 0 Å². The minimum atomic E-state index is -2.64. The molecular formula is C28H33FN2O7. The first-order valence-corrected chi connectivity index (χ1v) is 12.7. The van der Waals surface area contributed by atoms with Gasteiger partial charge in [0.2, 0.25) is 5.78 Å². The number of hydrogen-bond donors (Lipinski definition) is 4. The molecule has 10 heteroatoms. The predicted molar refractivity (Wildman–Crippen MR) is 135 cm³/mol. The maximum Gasteiger partial charge on any atom is 0.202 e. The summed E-state index contributed by atoms with van der Waals surface area (Å²) in [4.78, 5) is 42.9. The number of carbonyl (C=O) groups is 3. The Morgan fingerprint density at radius 3 is 2.24 bits per heavy atom. The second kappa shape index (κ2) is 8.21. The van der Waals surface area contributed by atoms with Crippen molar-refractivity contribution < 1.29 is 39.2 Å². The molecule has 9 nitrogen and oxygen atoms in total. The number of aliphatic hydroxyl groups is 3. The Morgan fingerprint density at radius 1 is 1.08 bits per heavy atom. The van der Waals surface area contributed by atoms with Gasteiger partial charge in [-0.3, -0.25) is 24.2 Å². The highest BCUT2D eigenvalue weighted by Gasteiger charge is 2.64. The summed E-state index contributed by atoms with van der Waals surface area (Å²) in [5.41, 5.74) is -3.30. The number of Topliss-reactive ketones (excluding diaryl/α,β-unsaturated/α-hetero) is 3. The van der Waals surface area contributed by atoms with Crippen LogP contribution in [0.1, 0.15) is 56.4 Å². The largest absolute Gasteiger partial charge is 0.508 e. The second-order valence-electron chi connectivity index (χ2n) is 12.2. The van der Waals surface area contributed by atoms with Gasteiger partial charge >= 0.3 is 0 Å². The van der Waals surface area contributed by atoms with Crippen molar-refractivity contribution in [2.24, 2.45) is 11.8 Å². The number of halogens is 1. The number of phenolic OH excluding ortho intramolecular Hbond substituents is 1. The van der Waals surface area contributed by atoms with E-state index in [-0.39, 0.29) is 53.9 Å². The summed E-state index contributed by atoms with van der Waals surface area (Å²) in [5, 5.41) is 45.2. The van der Waals surface area contributed by atoms with E-state index in [1.165, 1.54) is 4.90 Å². The predicted octanol–water partition coefficient (Wildman–Crippen LogP) is 2.32. The first-order chi connectivity index (χ1) is 17.5. The van der Waals surface area contributed by atoms with E-state index in [1.807, 2.05) is 25.7 Å². The van der Waals surface area contributed by atoms with Crippen LogP contribution in [0.25, 0.3) is 5.76 Å². The highest BCUT2D eigenvalue weighted by molar-refractivity contribution is 6.25. The number of likely N-dealkylation sites (N-methyl/N-ethyl adjacent to an activating group) is 1. The Hall–Kier alpha value is -3.08.